The monoisotopic (exact) mass is 413 g/mol. The average Bonchev–Trinajstić information content (AvgIpc) is 3.18. The van der Waals surface area contributed by atoms with Crippen molar-refractivity contribution in [3.8, 4) is 0 Å². The van der Waals surface area contributed by atoms with E-state index in [0.29, 0.717) is 22.1 Å². The van der Waals surface area contributed by atoms with Crippen molar-refractivity contribution in [2.45, 2.75) is 6.54 Å². The molecule has 0 saturated carbocycles. The normalized spacial score (nSPS) is 11.0. The summed E-state index contributed by atoms with van der Waals surface area (Å²) in [7, 11) is 0. The number of hydrogen-bond donors (Lipinski definition) is 1. The van der Waals surface area contributed by atoms with E-state index in [1.807, 2.05) is 53.1 Å². The molecule has 9 heteroatoms. The first-order valence-electron chi connectivity index (χ1n) is 8.04. The predicted molar refractivity (Wildman–Crippen MR) is 104 cm³/mol. The first-order valence-corrected chi connectivity index (χ1v) is 8.80. The molecular weight excluding hydrogens is 401 g/mol. The maximum Gasteiger partial charge on any atom is 0.373 e. The summed E-state index contributed by atoms with van der Waals surface area (Å²) in [6.07, 6.45) is 3.58. The highest BCUT2D eigenvalue weighted by atomic mass is 35.5. The fourth-order valence-electron chi connectivity index (χ4n) is 2.59. The lowest BCUT2D eigenvalue weighted by Gasteiger charge is -2.10. The average molecular weight is 414 g/mol. The Kier molecular flexibility index (Phi) is 6.34. The van der Waals surface area contributed by atoms with Crippen molar-refractivity contribution in [1.82, 2.24) is 19.5 Å². The standard InChI is InChI=1S/C18H13Cl2N5.CO2/c19-14-7-4-8-15(20)13(14)9-25-11-23-17(16-18(25)22-10-21-16)24-12-5-2-1-3-6-12;2-1-3/h1-8,10-11H,9H2,(H,21,22);. The van der Waals surface area contributed by atoms with Crippen molar-refractivity contribution in [3.05, 3.63) is 82.3 Å². The SMILES string of the molecule is Clc1cccc(Cl)c1Cn1cnc(=Nc2ccccc2)c2[nH]cnc21.O=C=O. The molecule has 0 unspecified atom stereocenters. The zero-order valence-electron chi connectivity index (χ0n) is 14.3. The molecule has 0 saturated heterocycles. The minimum Gasteiger partial charge on any atom is -0.340 e. The maximum atomic E-state index is 8.12. The second kappa shape index (κ2) is 9.10. The molecule has 4 aromatic rings. The van der Waals surface area contributed by atoms with Crippen LogP contribution in [0, 0.1) is 0 Å². The lowest BCUT2D eigenvalue weighted by atomic mass is 10.2. The van der Waals surface area contributed by atoms with Gasteiger partial charge in [-0.1, -0.05) is 47.5 Å². The Morgan fingerprint density at radius 1 is 1.00 bits per heavy atom. The van der Waals surface area contributed by atoms with Crippen molar-refractivity contribution in [2.75, 3.05) is 0 Å². The molecule has 0 aliphatic carbocycles. The number of aromatic amines is 1. The van der Waals surface area contributed by atoms with E-state index in [2.05, 4.69) is 19.9 Å². The van der Waals surface area contributed by atoms with E-state index in [9.17, 15) is 0 Å². The van der Waals surface area contributed by atoms with Crippen LogP contribution >= 0.6 is 23.2 Å². The van der Waals surface area contributed by atoms with Crippen LogP contribution in [-0.4, -0.2) is 25.7 Å². The zero-order valence-corrected chi connectivity index (χ0v) is 15.9. The molecule has 140 valence electrons. The Morgan fingerprint density at radius 3 is 2.36 bits per heavy atom. The highest BCUT2D eigenvalue weighted by Crippen LogP contribution is 2.25. The van der Waals surface area contributed by atoms with Gasteiger partial charge in [0.1, 0.15) is 5.52 Å². The molecule has 2 aromatic carbocycles. The van der Waals surface area contributed by atoms with Gasteiger partial charge in [-0.25, -0.2) is 15.0 Å². The zero-order chi connectivity index (χ0) is 19.9. The Morgan fingerprint density at radius 2 is 1.68 bits per heavy atom. The Hall–Kier alpha value is -3.25. The van der Waals surface area contributed by atoms with Crippen molar-refractivity contribution in [1.29, 1.82) is 0 Å². The third-order valence-corrected chi connectivity index (χ3v) is 4.52. The van der Waals surface area contributed by atoms with Gasteiger partial charge in [0.15, 0.2) is 11.1 Å². The summed E-state index contributed by atoms with van der Waals surface area (Å²) < 4.78 is 1.89. The van der Waals surface area contributed by atoms with Gasteiger partial charge in [-0.2, -0.15) is 9.59 Å². The van der Waals surface area contributed by atoms with Gasteiger partial charge in [0.2, 0.25) is 0 Å². The molecule has 0 spiro atoms. The summed E-state index contributed by atoms with van der Waals surface area (Å²) in [5.74, 6) is 0. The molecular formula is C19H13Cl2N5O2. The van der Waals surface area contributed by atoms with Crippen molar-refractivity contribution >= 4 is 46.2 Å². The largest absolute Gasteiger partial charge is 0.373 e. The number of nitrogens with one attached hydrogen (secondary N) is 1. The lowest BCUT2D eigenvalue weighted by molar-refractivity contribution is -0.191. The summed E-state index contributed by atoms with van der Waals surface area (Å²) >= 11 is 12.6. The molecule has 28 heavy (non-hydrogen) atoms. The first-order chi connectivity index (χ1) is 13.6. The Balaban J connectivity index is 0.000000706. The fourth-order valence-corrected chi connectivity index (χ4v) is 3.11. The molecule has 0 aliphatic heterocycles. The second-order valence-electron chi connectivity index (χ2n) is 5.53. The molecule has 2 heterocycles. The van der Waals surface area contributed by atoms with Gasteiger partial charge in [0.25, 0.3) is 0 Å². The summed E-state index contributed by atoms with van der Waals surface area (Å²) in [5.41, 5.74) is 3.74. The van der Waals surface area contributed by atoms with Gasteiger partial charge in [-0.3, -0.25) is 0 Å². The topological polar surface area (TPSA) is 93.0 Å². The van der Waals surface area contributed by atoms with Gasteiger partial charge in [-0.05, 0) is 24.3 Å². The molecule has 1 N–H and O–H groups in total. The van der Waals surface area contributed by atoms with E-state index < -0.39 is 0 Å². The molecule has 4 rings (SSSR count). The minimum atomic E-state index is 0.250. The van der Waals surface area contributed by atoms with E-state index in [0.717, 1.165) is 22.4 Å². The smallest absolute Gasteiger partial charge is 0.340 e. The molecule has 0 fully saturated rings. The third kappa shape index (κ3) is 4.35. The number of H-pyrrole nitrogens is 1. The van der Waals surface area contributed by atoms with Crippen LogP contribution in [0.5, 0.6) is 0 Å². The Labute approximate surface area is 169 Å². The number of halogens is 2. The molecule has 0 radical (unpaired) electrons. The van der Waals surface area contributed by atoms with Crippen molar-refractivity contribution < 1.29 is 9.59 Å². The fraction of sp³-hybridized carbons (Fsp3) is 0.0526. The van der Waals surface area contributed by atoms with Crippen LogP contribution in [0.1, 0.15) is 5.56 Å². The van der Waals surface area contributed by atoms with E-state index in [1.54, 1.807) is 12.7 Å². The van der Waals surface area contributed by atoms with Crippen molar-refractivity contribution in [2.24, 2.45) is 4.99 Å². The number of para-hydroxylation sites is 1. The number of nitrogens with zero attached hydrogens (tertiary/aromatic N) is 4. The number of hydrogen-bond acceptors (Lipinski definition) is 5. The summed E-state index contributed by atoms with van der Waals surface area (Å²) in [6.45, 7) is 0.471. The van der Waals surface area contributed by atoms with E-state index in [-0.39, 0.29) is 6.15 Å². The lowest BCUT2D eigenvalue weighted by Crippen LogP contribution is -2.14. The molecule has 0 atom stereocenters. The number of carbonyl (C=O) groups excluding carboxylic acids is 2. The van der Waals surface area contributed by atoms with Crippen LogP contribution in [0.3, 0.4) is 0 Å². The maximum absolute atomic E-state index is 8.12. The van der Waals surface area contributed by atoms with Crippen LogP contribution in [0.25, 0.3) is 11.2 Å². The first kappa shape index (κ1) is 19.5. The molecule has 7 nitrogen and oxygen atoms in total. The van der Waals surface area contributed by atoms with Crippen LogP contribution in [-0.2, 0) is 16.1 Å². The van der Waals surface area contributed by atoms with E-state index in [1.165, 1.54) is 0 Å². The highest BCUT2D eigenvalue weighted by Gasteiger charge is 2.10. The van der Waals surface area contributed by atoms with E-state index >= 15 is 0 Å². The van der Waals surface area contributed by atoms with Crippen LogP contribution in [0.15, 0.2) is 66.2 Å². The Bertz CT molecular complexity index is 1180. The predicted octanol–water partition coefficient (Wildman–Crippen LogP) is 3.76. The second-order valence-corrected chi connectivity index (χ2v) is 6.34. The minimum absolute atomic E-state index is 0.250. The quantitative estimate of drug-likeness (QED) is 0.553. The third-order valence-electron chi connectivity index (χ3n) is 3.82. The van der Waals surface area contributed by atoms with Crippen LogP contribution in [0.4, 0.5) is 5.69 Å². The summed E-state index contributed by atoms with van der Waals surface area (Å²) in [4.78, 5) is 32.8. The van der Waals surface area contributed by atoms with Gasteiger partial charge >= 0.3 is 6.15 Å². The molecule has 0 bridgehead atoms. The molecule has 0 amide bonds. The number of fused-ring (bicyclic) bond motifs is 1. The van der Waals surface area contributed by atoms with Gasteiger partial charge < -0.3 is 9.55 Å². The van der Waals surface area contributed by atoms with Gasteiger partial charge in [0, 0.05) is 15.6 Å². The number of benzene rings is 2. The molecule has 0 aliphatic rings. The van der Waals surface area contributed by atoms with Gasteiger partial charge in [0.05, 0.1) is 24.9 Å². The number of aromatic nitrogens is 4. The van der Waals surface area contributed by atoms with Crippen LogP contribution < -0.4 is 5.49 Å². The van der Waals surface area contributed by atoms with Crippen LogP contribution in [0.2, 0.25) is 10.0 Å². The van der Waals surface area contributed by atoms with Gasteiger partial charge in [-0.15, -0.1) is 0 Å². The highest BCUT2D eigenvalue weighted by molar-refractivity contribution is 6.36. The molecule has 2 aromatic heterocycles. The number of rotatable bonds is 3. The number of imidazole rings is 1. The summed E-state index contributed by atoms with van der Waals surface area (Å²) in [5, 5.41) is 1.23. The van der Waals surface area contributed by atoms with E-state index in [4.69, 9.17) is 32.8 Å². The summed E-state index contributed by atoms with van der Waals surface area (Å²) in [6, 6.07) is 15.1. The van der Waals surface area contributed by atoms with Crippen molar-refractivity contribution in [3.63, 3.8) is 0 Å².